The van der Waals surface area contributed by atoms with Crippen LogP contribution in [0, 0.1) is 10.8 Å². The molecule has 2 atom stereocenters. The molecule has 0 amide bonds. The Morgan fingerprint density at radius 2 is 1.93 bits per heavy atom. The molecule has 0 aromatic rings. The van der Waals surface area contributed by atoms with E-state index in [0.29, 0.717) is 10.8 Å². The van der Waals surface area contributed by atoms with Crippen LogP contribution < -0.4 is 0 Å². The summed E-state index contributed by atoms with van der Waals surface area (Å²) in [4.78, 5) is 0. The first-order valence-corrected chi connectivity index (χ1v) is 6.13. The molecule has 1 N–H and O–H groups in total. The Bertz CT molecular complexity index is 250. The van der Waals surface area contributed by atoms with E-state index in [1.165, 1.54) is 19.3 Å². The summed E-state index contributed by atoms with van der Waals surface area (Å²) in [6, 6.07) is 0. The van der Waals surface area contributed by atoms with Gasteiger partial charge in [0, 0.05) is 0 Å². The fraction of sp³-hybridized carbons (Fsp3) is 0.857. The van der Waals surface area contributed by atoms with Gasteiger partial charge in [0.15, 0.2) is 0 Å². The molecule has 1 fully saturated rings. The van der Waals surface area contributed by atoms with Gasteiger partial charge in [-0.2, -0.15) is 0 Å². The summed E-state index contributed by atoms with van der Waals surface area (Å²) in [7, 11) is 0. The lowest BCUT2D eigenvalue weighted by Crippen LogP contribution is -2.29. The highest BCUT2D eigenvalue weighted by Gasteiger charge is 2.43. The summed E-state index contributed by atoms with van der Waals surface area (Å²) in [5.74, 6) is 0. The van der Waals surface area contributed by atoms with Crippen molar-refractivity contribution in [1.82, 2.24) is 0 Å². The molecule has 1 nitrogen and oxygen atoms in total. The van der Waals surface area contributed by atoms with Crippen molar-refractivity contribution in [2.45, 2.75) is 66.4 Å². The summed E-state index contributed by atoms with van der Waals surface area (Å²) < 4.78 is 0. The summed E-state index contributed by atoms with van der Waals surface area (Å²) in [6.45, 7) is 11.0. The minimum Gasteiger partial charge on any atom is -0.389 e. The van der Waals surface area contributed by atoms with Crippen molar-refractivity contribution in [3.8, 4) is 0 Å². The molecule has 1 heteroatoms. The van der Waals surface area contributed by atoms with Gasteiger partial charge in [-0.15, -0.1) is 0 Å². The van der Waals surface area contributed by atoms with E-state index < -0.39 is 0 Å². The van der Waals surface area contributed by atoms with Crippen molar-refractivity contribution in [2.75, 3.05) is 0 Å². The average Bonchev–Trinajstić information content (AvgIpc) is 2.38. The van der Waals surface area contributed by atoms with Gasteiger partial charge in [0.1, 0.15) is 0 Å². The second kappa shape index (κ2) is 4.29. The number of aliphatic hydroxyl groups excluding tert-OH is 1. The van der Waals surface area contributed by atoms with Crippen molar-refractivity contribution in [3.05, 3.63) is 11.6 Å². The number of hydrogen-bond donors (Lipinski definition) is 1. The van der Waals surface area contributed by atoms with Crippen LogP contribution in [0.3, 0.4) is 0 Å². The third-order valence-electron chi connectivity index (χ3n) is 4.70. The van der Waals surface area contributed by atoms with Crippen LogP contribution >= 0.6 is 0 Å². The second-order valence-electron chi connectivity index (χ2n) is 6.13. The summed E-state index contributed by atoms with van der Waals surface area (Å²) in [6.07, 6.45) is 7.06. The van der Waals surface area contributed by atoms with Gasteiger partial charge in [0.25, 0.3) is 0 Å². The summed E-state index contributed by atoms with van der Waals surface area (Å²) >= 11 is 0. The van der Waals surface area contributed by atoms with Gasteiger partial charge in [0.05, 0.1) is 6.10 Å². The molecule has 0 aromatic carbocycles. The molecule has 1 aliphatic carbocycles. The average molecular weight is 210 g/mol. The maximum Gasteiger partial charge on any atom is 0.0719 e. The van der Waals surface area contributed by atoms with Gasteiger partial charge >= 0.3 is 0 Å². The van der Waals surface area contributed by atoms with E-state index in [9.17, 15) is 5.11 Å². The largest absolute Gasteiger partial charge is 0.389 e. The molecule has 0 bridgehead atoms. The molecule has 1 saturated carbocycles. The molecule has 88 valence electrons. The van der Waals surface area contributed by atoms with Gasteiger partial charge in [-0.25, -0.2) is 0 Å². The fourth-order valence-electron chi connectivity index (χ4n) is 2.50. The summed E-state index contributed by atoms with van der Waals surface area (Å²) in [5, 5.41) is 9.44. The third kappa shape index (κ3) is 2.63. The maximum absolute atomic E-state index is 9.44. The lowest BCUT2D eigenvalue weighted by atomic mass is 9.67. The van der Waals surface area contributed by atoms with E-state index in [-0.39, 0.29) is 6.10 Å². The molecule has 15 heavy (non-hydrogen) atoms. The van der Waals surface area contributed by atoms with Crippen molar-refractivity contribution in [1.29, 1.82) is 0 Å². The maximum atomic E-state index is 9.44. The predicted molar refractivity (Wildman–Crippen MR) is 65.8 cm³/mol. The highest BCUT2D eigenvalue weighted by Crippen LogP contribution is 2.54. The van der Waals surface area contributed by atoms with Gasteiger partial charge in [-0.1, -0.05) is 33.3 Å². The van der Waals surface area contributed by atoms with E-state index in [0.717, 1.165) is 12.0 Å². The van der Waals surface area contributed by atoms with E-state index in [1.54, 1.807) is 0 Å². The zero-order chi connectivity index (χ0) is 11.7. The molecule has 0 aliphatic heterocycles. The highest BCUT2D eigenvalue weighted by molar-refractivity contribution is 5.07. The van der Waals surface area contributed by atoms with Crippen molar-refractivity contribution >= 4 is 0 Å². The Labute approximate surface area is 94.6 Å². The molecule has 0 heterocycles. The zero-order valence-electron chi connectivity index (χ0n) is 10.9. The molecule has 1 rings (SSSR count). The van der Waals surface area contributed by atoms with E-state index in [2.05, 4.69) is 26.8 Å². The van der Waals surface area contributed by atoms with Gasteiger partial charge in [-0.05, 0) is 49.5 Å². The predicted octanol–water partition coefficient (Wildman–Crippen LogP) is 3.92. The Morgan fingerprint density at radius 1 is 1.33 bits per heavy atom. The minimum absolute atomic E-state index is 0.293. The van der Waals surface area contributed by atoms with Crippen LogP contribution in [0.5, 0.6) is 0 Å². The lowest BCUT2D eigenvalue weighted by molar-refractivity contribution is 0.134. The highest BCUT2D eigenvalue weighted by atomic mass is 16.3. The monoisotopic (exact) mass is 210 g/mol. The molecule has 0 aromatic heterocycles. The van der Waals surface area contributed by atoms with Crippen LogP contribution in [0.2, 0.25) is 0 Å². The smallest absolute Gasteiger partial charge is 0.0719 e. The Morgan fingerprint density at radius 3 is 2.33 bits per heavy atom. The second-order valence-corrected chi connectivity index (χ2v) is 6.13. The molecule has 1 aliphatic rings. The first kappa shape index (κ1) is 12.8. The van der Waals surface area contributed by atoms with Crippen LogP contribution in [-0.2, 0) is 0 Å². The van der Waals surface area contributed by atoms with Crippen LogP contribution in [-0.4, -0.2) is 11.2 Å². The van der Waals surface area contributed by atoms with Crippen LogP contribution in [0.4, 0.5) is 0 Å². The van der Waals surface area contributed by atoms with Gasteiger partial charge in [-0.3, -0.25) is 0 Å². The molecular weight excluding hydrogens is 184 g/mol. The van der Waals surface area contributed by atoms with Crippen molar-refractivity contribution in [2.24, 2.45) is 10.8 Å². The van der Waals surface area contributed by atoms with Crippen LogP contribution in [0.25, 0.3) is 0 Å². The van der Waals surface area contributed by atoms with E-state index in [4.69, 9.17) is 0 Å². The molecule has 0 saturated heterocycles. The van der Waals surface area contributed by atoms with Gasteiger partial charge in [0.2, 0.25) is 0 Å². The Hall–Kier alpha value is -0.300. The van der Waals surface area contributed by atoms with Crippen molar-refractivity contribution < 1.29 is 5.11 Å². The number of allylic oxidation sites excluding steroid dienone is 1. The SMILES string of the molecule is CC(=CCC1(C)CCCC1(C)C)C(C)O. The quantitative estimate of drug-likeness (QED) is 0.700. The minimum atomic E-state index is -0.293. The van der Waals surface area contributed by atoms with Gasteiger partial charge < -0.3 is 5.11 Å². The topological polar surface area (TPSA) is 20.2 Å². The summed E-state index contributed by atoms with van der Waals surface area (Å²) in [5.41, 5.74) is 1.98. The normalized spacial score (nSPS) is 33.1. The first-order valence-electron chi connectivity index (χ1n) is 6.13. The first-order chi connectivity index (χ1) is 6.78. The molecular formula is C14H26O. The number of hydrogen-bond acceptors (Lipinski definition) is 1. The van der Waals surface area contributed by atoms with Crippen LogP contribution in [0.1, 0.15) is 60.3 Å². The van der Waals surface area contributed by atoms with E-state index in [1.807, 2.05) is 13.8 Å². The molecule has 2 unspecified atom stereocenters. The molecule has 0 spiro atoms. The lowest BCUT2D eigenvalue weighted by Gasteiger charge is -2.38. The van der Waals surface area contributed by atoms with E-state index >= 15 is 0 Å². The van der Waals surface area contributed by atoms with Crippen molar-refractivity contribution in [3.63, 3.8) is 0 Å². The Kier molecular flexibility index (Phi) is 3.65. The zero-order valence-corrected chi connectivity index (χ0v) is 10.9. The Balaban J connectivity index is 2.69. The fourth-order valence-corrected chi connectivity index (χ4v) is 2.50. The van der Waals surface area contributed by atoms with Crippen LogP contribution in [0.15, 0.2) is 11.6 Å². The standard InChI is InChI=1S/C14H26O/c1-11(12(2)15)7-10-14(5)9-6-8-13(14,3)4/h7,12,15H,6,8-10H2,1-5H3. The number of aliphatic hydroxyl groups is 1. The number of rotatable bonds is 3. The molecule has 0 radical (unpaired) electrons. The third-order valence-corrected chi connectivity index (χ3v) is 4.70.